The molecular formula is C10H8ClIN2O. The maximum atomic E-state index is 11.9. The largest absolute Gasteiger partial charge is 0.345 e. The molecule has 78 valence electrons. The second kappa shape index (κ2) is 4.09. The minimum atomic E-state index is 0.00690. The summed E-state index contributed by atoms with van der Waals surface area (Å²) in [5.74, 6) is 0.336. The standard InChI is InChI=1S/C10H8ClIN2O/c1-14-7-2-3-13-5-6(7)10(15)9(12)8(14)4-11/h2-3,5H,4H2,1H3. The average Bonchev–Trinajstić information content (AvgIpc) is 2.27. The molecule has 0 atom stereocenters. The van der Waals surface area contributed by atoms with E-state index in [9.17, 15) is 4.79 Å². The van der Waals surface area contributed by atoms with Crippen LogP contribution in [0.1, 0.15) is 5.69 Å². The van der Waals surface area contributed by atoms with Gasteiger partial charge in [0.1, 0.15) is 0 Å². The first kappa shape index (κ1) is 10.9. The van der Waals surface area contributed by atoms with Gasteiger partial charge in [-0.15, -0.1) is 11.6 Å². The number of hydrogen-bond acceptors (Lipinski definition) is 2. The summed E-state index contributed by atoms with van der Waals surface area (Å²) in [6, 6.07) is 1.82. The van der Waals surface area contributed by atoms with E-state index >= 15 is 0 Å². The molecule has 0 N–H and O–H groups in total. The maximum Gasteiger partial charge on any atom is 0.204 e. The first-order valence-electron chi connectivity index (χ1n) is 4.34. The normalized spacial score (nSPS) is 10.9. The molecule has 0 amide bonds. The number of rotatable bonds is 1. The molecular weight excluding hydrogens is 326 g/mol. The summed E-state index contributed by atoms with van der Waals surface area (Å²) in [5, 5.41) is 0.637. The van der Waals surface area contributed by atoms with Crippen LogP contribution in [0.4, 0.5) is 0 Å². The Labute approximate surface area is 105 Å². The van der Waals surface area contributed by atoms with Crippen LogP contribution >= 0.6 is 34.2 Å². The molecule has 0 fully saturated rings. The zero-order chi connectivity index (χ0) is 11.0. The zero-order valence-electron chi connectivity index (χ0n) is 8.00. The van der Waals surface area contributed by atoms with Gasteiger partial charge in [-0.3, -0.25) is 9.78 Å². The maximum absolute atomic E-state index is 11.9. The topological polar surface area (TPSA) is 34.9 Å². The Morgan fingerprint density at radius 3 is 3.00 bits per heavy atom. The molecule has 0 saturated carbocycles. The molecule has 0 unspecified atom stereocenters. The molecule has 0 bridgehead atoms. The van der Waals surface area contributed by atoms with Crippen LogP contribution < -0.4 is 5.43 Å². The van der Waals surface area contributed by atoms with Gasteiger partial charge in [-0.1, -0.05) is 0 Å². The lowest BCUT2D eigenvalue weighted by Crippen LogP contribution is -2.16. The molecule has 2 aromatic rings. The number of alkyl halides is 1. The van der Waals surface area contributed by atoms with Gasteiger partial charge in [0.25, 0.3) is 0 Å². The van der Waals surface area contributed by atoms with Gasteiger partial charge in [-0.25, -0.2) is 0 Å². The summed E-state index contributed by atoms with van der Waals surface area (Å²) in [5.41, 5.74) is 1.72. The Bertz CT molecular complexity index is 579. The molecule has 2 aromatic heterocycles. The highest BCUT2D eigenvalue weighted by Crippen LogP contribution is 2.16. The fourth-order valence-electron chi connectivity index (χ4n) is 1.54. The summed E-state index contributed by atoms with van der Waals surface area (Å²) < 4.78 is 2.61. The van der Waals surface area contributed by atoms with E-state index in [1.807, 2.05) is 40.3 Å². The number of fused-ring (bicyclic) bond motifs is 1. The van der Waals surface area contributed by atoms with E-state index in [0.29, 0.717) is 14.8 Å². The van der Waals surface area contributed by atoms with Gasteiger partial charge in [0.15, 0.2) is 0 Å². The van der Waals surface area contributed by atoms with Gasteiger partial charge in [0, 0.05) is 19.4 Å². The molecule has 0 aliphatic heterocycles. The Hall–Kier alpha value is -0.620. The fraction of sp³-hybridized carbons (Fsp3) is 0.200. The molecule has 0 aliphatic rings. The minimum Gasteiger partial charge on any atom is -0.345 e. The Balaban J connectivity index is 3.03. The summed E-state index contributed by atoms with van der Waals surface area (Å²) in [6.45, 7) is 0. The number of halogens is 2. The van der Waals surface area contributed by atoms with E-state index in [-0.39, 0.29) is 5.43 Å². The quantitative estimate of drug-likeness (QED) is 0.592. The monoisotopic (exact) mass is 334 g/mol. The van der Waals surface area contributed by atoms with Crippen molar-refractivity contribution in [1.82, 2.24) is 9.55 Å². The average molecular weight is 335 g/mol. The van der Waals surface area contributed by atoms with Crippen LogP contribution in [-0.4, -0.2) is 9.55 Å². The van der Waals surface area contributed by atoms with Crippen LogP contribution in [0, 0.1) is 3.57 Å². The van der Waals surface area contributed by atoms with Crippen LogP contribution in [0.3, 0.4) is 0 Å². The third-order valence-electron chi connectivity index (χ3n) is 2.39. The molecule has 2 heterocycles. The molecule has 0 spiro atoms. The Morgan fingerprint density at radius 2 is 2.33 bits per heavy atom. The van der Waals surface area contributed by atoms with Crippen molar-refractivity contribution >= 4 is 45.1 Å². The fourth-order valence-corrected chi connectivity index (χ4v) is 2.93. The Morgan fingerprint density at radius 1 is 1.60 bits per heavy atom. The second-order valence-electron chi connectivity index (χ2n) is 3.18. The third kappa shape index (κ3) is 1.65. The van der Waals surface area contributed by atoms with E-state index < -0.39 is 0 Å². The summed E-state index contributed by atoms with van der Waals surface area (Å²) in [6.07, 6.45) is 3.27. The van der Waals surface area contributed by atoms with Crippen molar-refractivity contribution in [2.45, 2.75) is 5.88 Å². The van der Waals surface area contributed by atoms with Gasteiger partial charge < -0.3 is 4.57 Å². The van der Waals surface area contributed by atoms with E-state index in [1.165, 1.54) is 0 Å². The molecule has 0 aromatic carbocycles. The molecule has 0 radical (unpaired) electrons. The van der Waals surface area contributed by atoms with Gasteiger partial charge in [0.05, 0.1) is 26.0 Å². The number of pyridine rings is 2. The van der Waals surface area contributed by atoms with Crippen molar-refractivity contribution < 1.29 is 0 Å². The number of nitrogens with zero attached hydrogens (tertiary/aromatic N) is 2. The van der Waals surface area contributed by atoms with E-state index in [4.69, 9.17) is 11.6 Å². The van der Waals surface area contributed by atoms with Crippen LogP contribution in [-0.2, 0) is 12.9 Å². The van der Waals surface area contributed by atoms with Gasteiger partial charge in [0.2, 0.25) is 5.43 Å². The highest BCUT2D eigenvalue weighted by atomic mass is 127. The van der Waals surface area contributed by atoms with Gasteiger partial charge in [-0.2, -0.15) is 0 Å². The summed E-state index contributed by atoms with van der Waals surface area (Å²) in [4.78, 5) is 15.9. The van der Waals surface area contributed by atoms with Crippen LogP contribution in [0.2, 0.25) is 0 Å². The lowest BCUT2D eigenvalue weighted by molar-refractivity contribution is 0.877. The SMILES string of the molecule is Cn1c(CCl)c(I)c(=O)c2cnccc21. The van der Waals surface area contributed by atoms with Crippen molar-refractivity contribution in [3.05, 3.63) is 37.9 Å². The second-order valence-corrected chi connectivity index (χ2v) is 4.52. The first-order chi connectivity index (χ1) is 7.16. The predicted molar refractivity (Wildman–Crippen MR) is 69.3 cm³/mol. The highest BCUT2D eigenvalue weighted by molar-refractivity contribution is 14.1. The van der Waals surface area contributed by atoms with Crippen LogP contribution in [0.5, 0.6) is 0 Å². The van der Waals surface area contributed by atoms with E-state index in [1.54, 1.807) is 12.4 Å². The number of aryl methyl sites for hydroxylation is 1. The highest BCUT2D eigenvalue weighted by Gasteiger charge is 2.11. The lowest BCUT2D eigenvalue weighted by Gasteiger charge is -2.11. The first-order valence-corrected chi connectivity index (χ1v) is 5.95. The van der Waals surface area contributed by atoms with E-state index in [2.05, 4.69) is 4.98 Å². The van der Waals surface area contributed by atoms with Gasteiger partial charge in [-0.05, 0) is 28.7 Å². The lowest BCUT2D eigenvalue weighted by atomic mass is 10.2. The number of hydrogen-bond donors (Lipinski definition) is 0. The molecule has 0 aliphatic carbocycles. The summed E-state index contributed by atoms with van der Waals surface area (Å²) in [7, 11) is 1.90. The van der Waals surface area contributed by atoms with Crippen LogP contribution in [0.15, 0.2) is 23.3 Å². The Kier molecular flexibility index (Phi) is 2.97. The molecule has 15 heavy (non-hydrogen) atoms. The van der Waals surface area contributed by atoms with Gasteiger partial charge >= 0.3 is 0 Å². The molecule has 3 nitrogen and oxygen atoms in total. The zero-order valence-corrected chi connectivity index (χ0v) is 10.9. The molecule has 2 rings (SSSR count). The minimum absolute atomic E-state index is 0.00690. The molecule has 0 saturated heterocycles. The number of aromatic nitrogens is 2. The van der Waals surface area contributed by atoms with Crippen molar-refractivity contribution in [1.29, 1.82) is 0 Å². The molecule has 5 heteroatoms. The van der Waals surface area contributed by atoms with Crippen molar-refractivity contribution in [2.24, 2.45) is 7.05 Å². The van der Waals surface area contributed by atoms with Crippen molar-refractivity contribution in [3.8, 4) is 0 Å². The smallest absolute Gasteiger partial charge is 0.204 e. The van der Waals surface area contributed by atoms with Crippen LogP contribution in [0.25, 0.3) is 10.9 Å². The predicted octanol–water partition coefficient (Wildman–Crippen LogP) is 2.28. The summed E-state index contributed by atoms with van der Waals surface area (Å²) >= 11 is 7.86. The van der Waals surface area contributed by atoms with E-state index in [0.717, 1.165) is 11.2 Å². The van der Waals surface area contributed by atoms with Crippen molar-refractivity contribution in [3.63, 3.8) is 0 Å². The van der Waals surface area contributed by atoms with Crippen molar-refractivity contribution in [2.75, 3.05) is 0 Å². The third-order valence-corrected chi connectivity index (χ3v) is 3.75.